The number of ether oxygens (including phenoxy) is 1. The van der Waals surface area contributed by atoms with Crippen molar-refractivity contribution in [2.75, 3.05) is 13.2 Å². The number of rotatable bonds is 10. The molecule has 198 valence electrons. The summed E-state index contributed by atoms with van der Waals surface area (Å²) in [5.41, 5.74) is 0.439. The van der Waals surface area contributed by atoms with E-state index in [-0.39, 0.29) is 25.0 Å². The maximum absolute atomic E-state index is 13.8. The summed E-state index contributed by atoms with van der Waals surface area (Å²) in [6.45, 7) is 2.43. The molecule has 1 aromatic carbocycles. The highest BCUT2D eigenvalue weighted by atomic mass is 19.1. The first kappa shape index (κ1) is 25.3. The van der Waals surface area contributed by atoms with Gasteiger partial charge in [-0.15, -0.1) is 10.2 Å². The lowest BCUT2D eigenvalue weighted by atomic mass is 10.0. The summed E-state index contributed by atoms with van der Waals surface area (Å²) in [4.78, 5) is 29.7. The number of aromatic nitrogens is 4. The predicted molar refractivity (Wildman–Crippen MR) is 131 cm³/mol. The number of hydrogen-bond acceptors (Lipinski definition) is 8. The van der Waals surface area contributed by atoms with Crippen molar-refractivity contribution in [3.8, 4) is 11.6 Å². The molecule has 0 unspecified atom stereocenters. The average Bonchev–Trinajstić information content (AvgIpc) is 3.72. The van der Waals surface area contributed by atoms with Crippen molar-refractivity contribution in [3.63, 3.8) is 0 Å². The minimum Gasteiger partial charge on any atom is -0.467 e. The number of nitrogens with one attached hydrogen (secondary N) is 1. The normalized spacial score (nSPS) is 15.9. The standard InChI is InChI=1S/C26H27FN6O5/c1-17-6-11-22(38-17)25-29-31-33(30-25)16-23(34)32(15-21-5-3-13-37-21)24(18-7-9-19(27)10-8-18)26(35)28-14-20-4-2-12-36-20/h3,5-11,13,20,24H,2,4,12,14-16H2,1H3,(H,28,35)/t20-,24-/m1/s1. The van der Waals surface area contributed by atoms with Gasteiger partial charge in [-0.05, 0) is 66.9 Å². The van der Waals surface area contributed by atoms with Gasteiger partial charge in [0.05, 0.1) is 18.9 Å². The molecule has 5 rings (SSSR count). The predicted octanol–water partition coefficient (Wildman–Crippen LogP) is 3.04. The molecule has 0 saturated carbocycles. The van der Waals surface area contributed by atoms with Crippen LogP contribution in [0.2, 0.25) is 0 Å². The van der Waals surface area contributed by atoms with Crippen LogP contribution in [0.25, 0.3) is 11.6 Å². The van der Waals surface area contributed by atoms with E-state index in [2.05, 4.69) is 20.7 Å². The van der Waals surface area contributed by atoms with Crippen LogP contribution in [-0.2, 0) is 27.4 Å². The van der Waals surface area contributed by atoms with Gasteiger partial charge >= 0.3 is 0 Å². The van der Waals surface area contributed by atoms with Crippen molar-refractivity contribution in [1.82, 2.24) is 30.4 Å². The molecule has 2 atom stereocenters. The molecule has 1 fully saturated rings. The first-order valence-corrected chi connectivity index (χ1v) is 12.3. The number of benzene rings is 1. The van der Waals surface area contributed by atoms with E-state index in [0.717, 1.165) is 17.6 Å². The second kappa shape index (κ2) is 11.4. The maximum Gasteiger partial charge on any atom is 0.247 e. The summed E-state index contributed by atoms with van der Waals surface area (Å²) in [6.07, 6.45) is 3.16. The third-order valence-corrected chi connectivity index (χ3v) is 6.19. The molecule has 11 nitrogen and oxygen atoms in total. The van der Waals surface area contributed by atoms with Crippen molar-refractivity contribution in [1.29, 1.82) is 0 Å². The molecule has 0 radical (unpaired) electrons. The SMILES string of the molecule is Cc1ccc(-c2nnn(CC(=O)N(Cc3ccco3)[C@@H](C(=O)NC[C@H]3CCCO3)c3ccc(F)cc3)n2)o1. The summed E-state index contributed by atoms with van der Waals surface area (Å²) in [6, 6.07) is 11.3. The second-order valence-corrected chi connectivity index (χ2v) is 8.99. The van der Waals surface area contributed by atoms with E-state index in [1.165, 1.54) is 35.4 Å². The topological polar surface area (TPSA) is 129 Å². The molecule has 1 aliphatic rings. The largest absolute Gasteiger partial charge is 0.467 e. The Morgan fingerprint density at radius 3 is 2.74 bits per heavy atom. The highest BCUT2D eigenvalue weighted by Crippen LogP contribution is 2.25. The Morgan fingerprint density at radius 2 is 2.05 bits per heavy atom. The summed E-state index contributed by atoms with van der Waals surface area (Å²) in [5.74, 6) is 0.458. The van der Waals surface area contributed by atoms with Crippen molar-refractivity contribution in [2.45, 2.75) is 45.0 Å². The number of tetrazole rings is 1. The Morgan fingerprint density at radius 1 is 1.21 bits per heavy atom. The van der Waals surface area contributed by atoms with Gasteiger partial charge in [0.25, 0.3) is 0 Å². The van der Waals surface area contributed by atoms with E-state index in [9.17, 15) is 14.0 Å². The first-order valence-electron chi connectivity index (χ1n) is 12.3. The van der Waals surface area contributed by atoms with Crippen LogP contribution in [0.1, 0.15) is 36.0 Å². The number of hydrogen-bond donors (Lipinski definition) is 1. The second-order valence-electron chi connectivity index (χ2n) is 8.99. The van der Waals surface area contributed by atoms with Crippen LogP contribution in [0.15, 0.2) is 63.6 Å². The number of halogens is 1. The lowest BCUT2D eigenvalue weighted by Crippen LogP contribution is -2.46. The van der Waals surface area contributed by atoms with Crippen molar-refractivity contribution in [2.24, 2.45) is 0 Å². The van der Waals surface area contributed by atoms with Crippen LogP contribution < -0.4 is 5.32 Å². The van der Waals surface area contributed by atoms with Crippen LogP contribution in [-0.4, -0.2) is 56.2 Å². The highest BCUT2D eigenvalue weighted by Gasteiger charge is 2.33. The molecule has 12 heteroatoms. The molecule has 1 N–H and O–H groups in total. The third-order valence-electron chi connectivity index (χ3n) is 6.19. The fourth-order valence-electron chi connectivity index (χ4n) is 4.30. The van der Waals surface area contributed by atoms with Crippen LogP contribution in [0, 0.1) is 12.7 Å². The summed E-state index contributed by atoms with van der Waals surface area (Å²) >= 11 is 0. The Balaban J connectivity index is 1.42. The van der Waals surface area contributed by atoms with Crippen LogP contribution in [0.3, 0.4) is 0 Å². The average molecular weight is 523 g/mol. The molecule has 2 amide bonds. The lowest BCUT2D eigenvalue weighted by Gasteiger charge is -2.31. The van der Waals surface area contributed by atoms with Crippen molar-refractivity contribution < 1.29 is 27.6 Å². The Hall–Kier alpha value is -4.32. The summed E-state index contributed by atoms with van der Waals surface area (Å²) in [7, 11) is 0. The smallest absolute Gasteiger partial charge is 0.247 e. The lowest BCUT2D eigenvalue weighted by molar-refractivity contribution is -0.142. The van der Waals surface area contributed by atoms with Gasteiger partial charge in [-0.25, -0.2) is 4.39 Å². The van der Waals surface area contributed by atoms with Crippen molar-refractivity contribution in [3.05, 3.63) is 77.7 Å². The van der Waals surface area contributed by atoms with E-state index in [4.69, 9.17) is 13.6 Å². The molecule has 0 bridgehead atoms. The van der Waals surface area contributed by atoms with Gasteiger partial charge in [0.2, 0.25) is 17.6 Å². The number of aryl methyl sites for hydroxylation is 1. The van der Waals surface area contributed by atoms with Crippen molar-refractivity contribution >= 4 is 11.8 Å². The van der Waals surface area contributed by atoms with Crippen LogP contribution in [0.4, 0.5) is 4.39 Å². The molecule has 4 aromatic rings. The zero-order valence-electron chi connectivity index (χ0n) is 20.7. The van der Waals surface area contributed by atoms with Gasteiger partial charge in [-0.1, -0.05) is 12.1 Å². The molecular formula is C26H27FN6O5. The molecule has 1 aliphatic heterocycles. The van der Waals surface area contributed by atoms with E-state index in [1.807, 2.05) is 0 Å². The van der Waals surface area contributed by atoms with Gasteiger partial charge in [-0.3, -0.25) is 9.59 Å². The van der Waals surface area contributed by atoms with Gasteiger partial charge in [0, 0.05) is 13.2 Å². The van der Waals surface area contributed by atoms with Crippen LogP contribution >= 0.6 is 0 Å². The first-order chi connectivity index (χ1) is 18.5. The molecule has 4 heterocycles. The number of nitrogens with zero attached hydrogens (tertiary/aromatic N) is 5. The quantitative estimate of drug-likeness (QED) is 0.337. The fraction of sp³-hybridized carbons (Fsp3) is 0.346. The molecule has 0 aliphatic carbocycles. The van der Waals surface area contributed by atoms with E-state index in [1.54, 1.807) is 31.2 Å². The minimum absolute atomic E-state index is 0.0137. The highest BCUT2D eigenvalue weighted by molar-refractivity contribution is 5.88. The van der Waals surface area contributed by atoms with Gasteiger partial charge in [0.1, 0.15) is 29.9 Å². The number of carbonyl (C=O) groups is 2. The number of carbonyl (C=O) groups excluding carboxylic acids is 2. The molecule has 0 spiro atoms. The molecular weight excluding hydrogens is 495 g/mol. The van der Waals surface area contributed by atoms with E-state index in [0.29, 0.717) is 36.0 Å². The Bertz CT molecular complexity index is 1360. The molecule has 1 saturated heterocycles. The zero-order chi connectivity index (χ0) is 26.5. The summed E-state index contributed by atoms with van der Waals surface area (Å²) < 4.78 is 30.4. The van der Waals surface area contributed by atoms with Gasteiger partial charge in [-0.2, -0.15) is 4.80 Å². The molecule has 3 aromatic heterocycles. The zero-order valence-corrected chi connectivity index (χ0v) is 20.7. The monoisotopic (exact) mass is 522 g/mol. The Labute approximate surface area is 217 Å². The Kier molecular flexibility index (Phi) is 7.59. The summed E-state index contributed by atoms with van der Waals surface area (Å²) in [5, 5.41) is 15.1. The van der Waals surface area contributed by atoms with Crippen LogP contribution in [0.5, 0.6) is 0 Å². The fourth-order valence-corrected chi connectivity index (χ4v) is 4.30. The maximum atomic E-state index is 13.8. The van der Waals surface area contributed by atoms with E-state index >= 15 is 0 Å². The van der Waals surface area contributed by atoms with E-state index < -0.39 is 23.7 Å². The molecule has 38 heavy (non-hydrogen) atoms. The third kappa shape index (κ3) is 5.97. The van der Waals surface area contributed by atoms with Gasteiger partial charge < -0.3 is 23.8 Å². The number of furan rings is 2. The number of amides is 2. The van der Waals surface area contributed by atoms with Gasteiger partial charge in [0.15, 0.2) is 5.76 Å². The minimum atomic E-state index is -1.08.